The van der Waals surface area contributed by atoms with Crippen molar-refractivity contribution in [3.63, 3.8) is 0 Å². The number of aromatic nitrogens is 1. The molecule has 1 heterocycles. The van der Waals surface area contributed by atoms with E-state index in [9.17, 15) is 16.8 Å². The molecular weight excluding hydrogens is 458 g/mol. The highest BCUT2D eigenvalue weighted by Gasteiger charge is 2.23. The normalized spacial score (nSPS) is 13.1. The number of aryl methyl sites for hydroxylation is 1. The van der Waals surface area contributed by atoms with Crippen LogP contribution in [0.15, 0.2) is 60.0 Å². The lowest BCUT2D eigenvalue weighted by molar-refractivity contribution is 0.489. The minimum atomic E-state index is -4.36. The maximum Gasteiger partial charge on any atom is 0.357 e. The molecule has 1 aromatic heterocycles. The number of sulfonamides is 1. The van der Waals surface area contributed by atoms with Gasteiger partial charge in [0.05, 0.1) is 28.2 Å². The predicted molar refractivity (Wildman–Crippen MR) is 122 cm³/mol. The number of rotatable bonds is 10. The van der Waals surface area contributed by atoms with Gasteiger partial charge in [0.25, 0.3) is 0 Å². The monoisotopic (exact) mass is 481 g/mol. The van der Waals surface area contributed by atoms with Crippen LogP contribution in [0.4, 0.5) is 5.69 Å². The zero-order chi connectivity index (χ0) is 22.5. The van der Waals surface area contributed by atoms with E-state index in [1.54, 1.807) is 36.4 Å². The molecule has 8 nitrogen and oxygen atoms in total. The fourth-order valence-corrected chi connectivity index (χ4v) is 5.58. The highest BCUT2D eigenvalue weighted by molar-refractivity contribution is 7.88. The van der Waals surface area contributed by atoms with Gasteiger partial charge < -0.3 is 0 Å². The lowest BCUT2D eigenvalue weighted by Crippen LogP contribution is -2.31. The molecule has 31 heavy (non-hydrogen) atoms. The van der Waals surface area contributed by atoms with Crippen molar-refractivity contribution in [2.24, 2.45) is 0 Å². The van der Waals surface area contributed by atoms with E-state index in [2.05, 4.69) is 9.71 Å². The number of hydrogen-bond donors (Lipinski definition) is 3. The predicted octanol–water partition coefficient (Wildman–Crippen LogP) is 3.32. The third kappa shape index (κ3) is 7.40. The standard InChI is InChI=1S/C20H23N3O5S3/c1-2-20-21-19(13-29-20)18(23-30(24,25)14-16-6-4-3-5-7-16)12-15-8-10-17(11-9-15)22-31(26,27)28/h3-11,13,18,22-23H,2,12,14H2,1H3,(H,26,27,28)/t18-/m0/s1. The van der Waals surface area contributed by atoms with E-state index in [0.717, 1.165) is 17.0 Å². The zero-order valence-corrected chi connectivity index (χ0v) is 19.2. The highest BCUT2D eigenvalue weighted by atomic mass is 32.2. The summed E-state index contributed by atoms with van der Waals surface area (Å²) in [4.78, 5) is 4.55. The van der Waals surface area contributed by atoms with Gasteiger partial charge in [-0.05, 0) is 36.1 Å². The summed E-state index contributed by atoms with van der Waals surface area (Å²) in [6, 6.07) is 14.7. The number of thiazole rings is 1. The van der Waals surface area contributed by atoms with Crippen molar-refractivity contribution in [3.8, 4) is 0 Å². The van der Waals surface area contributed by atoms with Crippen LogP contribution in [0.5, 0.6) is 0 Å². The van der Waals surface area contributed by atoms with Crippen molar-refractivity contribution in [2.45, 2.75) is 31.6 Å². The van der Waals surface area contributed by atoms with Gasteiger partial charge in [0.15, 0.2) is 0 Å². The molecule has 0 amide bonds. The number of nitrogens with one attached hydrogen (secondary N) is 2. The Morgan fingerprint density at radius 1 is 1.00 bits per heavy atom. The first-order valence-electron chi connectivity index (χ1n) is 9.46. The van der Waals surface area contributed by atoms with E-state index in [1.807, 2.05) is 23.1 Å². The molecule has 1 atom stereocenters. The molecular formula is C20H23N3O5S3. The van der Waals surface area contributed by atoms with Crippen LogP contribution in [0.3, 0.4) is 0 Å². The number of benzene rings is 2. The van der Waals surface area contributed by atoms with Crippen molar-refractivity contribution in [1.29, 1.82) is 0 Å². The summed E-state index contributed by atoms with van der Waals surface area (Å²) in [5.74, 6) is -0.146. The quantitative estimate of drug-likeness (QED) is 0.382. The minimum Gasteiger partial charge on any atom is -0.269 e. The van der Waals surface area contributed by atoms with Crippen molar-refractivity contribution in [1.82, 2.24) is 9.71 Å². The average molecular weight is 482 g/mol. The van der Waals surface area contributed by atoms with Gasteiger partial charge in [-0.1, -0.05) is 49.4 Å². The molecule has 2 aromatic carbocycles. The summed E-state index contributed by atoms with van der Waals surface area (Å²) in [6.07, 6.45) is 1.08. The molecule has 0 radical (unpaired) electrons. The number of nitrogens with zero attached hydrogens (tertiary/aromatic N) is 1. The lowest BCUT2D eigenvalue weighted by atomic mass is 10.0. The summed E-state index contributed by atoms with van der Waals surface area (Å²) in [7, 11) is -8.00. The van der Waals surface area contributed by atoms with Gasteiger partial charge >= 0.3 is 10.3 Å². The Labute approximate surface area is 186 Å². The average Bonchev–Trinajstić information content (AvgIpc) is 3.17. The second kappa shape index (κ2) is 9.88. The molecule has 0 bridgehead atoms. The van der Waals surface area contributed by atoms with Gasteiger partial charge in [-0.25, -0.2) is 18.1 Å². The Hall–Kier alpha value is -2.31. The van der Waals surface area contributed by atoms with Gasteiger partial charge in [-0.3, -0.25) is 9.27 Å². The molecule has 0 spiro atoms. The molecule has 0 fully saturated rings. The molecule has 3 N–H and O–H groups in total. The zero-order valence-electron chi connectivity index (χ0n) is 16.7. The molecule has 3 aromatic rings. The van der Waals surface area contributed by atoms with Crippen LogP contribution in [-0.4, -0.2) is 26.4 Å². The van der Waals surface area contributed by atoms with Crippen molar-refractivity contribution < 1.29 is 21.4 Å². The van der Waals surface area contributed by atoms with Crippen molar-refractivity contribution in [2.75, 3.05) is 4.72 Å². The van der Waals surface area contributed by atoms with Crippen molar-refractivity contribution in [3.05, 3.63) is 81.8 Å². The van der Waals surface area contributed by atoms with Crippen LogP contribution in [0.1, 0.15) is 34.8 Å². The van der Waals surface area contributed by atoms with E-state index < -0.39 is 26.4 Å². The third-order valence-electron chi connectivity index (χ3n) is 4.39. The van der Waals surface area contributed by atoms with E-state index in [0.29, 0.717) is 17.7 Å². The van der Waals surface area contributed by atoms with E-state index in [1.165, 1.54) is 23.5 Å². The van der Waals surface area contributed by atoms with Crippen LogP contribution < -0.4 is 9.44 Å². The maximum atomic E-state index is 12.8. The summed E-state index contributed by atoms with van der Waals surface area (Å²) in [6.45, 7) is 1.98. The second-order valence-corrected chi connectivity index (χ2v) is 10.8. The largest absolute Gasteiger partial charge is 0.357 e. The Kier molecular flexibility index (Phi) is 7.44. The molecule has 0 aliphatic heterocycles. The van der Waals surface area contributed by atoms with E-state index >= 15 is 0 Å². The van der Waals surface area contributed by atoms with Crippen molar-refractivity contribution >= 4 is 37.4 Å². The molecule has 11 heteroatoms. The fourth-order valence-electron chi connectivity index (χ4n) is 3.00. The lowest BCUT2D eigenvalue weighted by Gasteiger charge is -2.18. The van der Waals surface area contributed by atoms with Gasteiger partial charge in [-0.15, -0.1) is 11.3 Å². The van der Waals surface area contributed by atoms with Gasteiger partial charge in [-0.2, -0.15) is 8.42 Å². The fraction of sp³-hybridized carbons (Fsp3) is 0.250. The topological polar surface area (TPSA) is 125 Å². The highest BCUT2D eigenvalue weighted by Crippen LogP contribution is 2.24. The summed E-state index contributed by atoms with van der Waals surface area (Å²) < 4.78 is 61.2. The van der Waals surface area contributed by atoms with Crippen LogP contribution in [0.25, 0.3) is 0 Å². The molecule has 0 aliphatic carbocycles. The van der Waals surface area contributed by atoms with E-state index in [4.69, 9.17) is 4.55 Å². The summed E-state index contributed by atoms with van der Waals surface area (Å²) >= 11 is 1.48. The molecule has 0 aliphatic rings. The molecule has 0 saturated carbocycles. The Morgan fingerprint density at radius 3 is 2.26 bits per heavy atom. The molecule has 0 saturated heterocycles. The van der Waals surface area contributed by atoms with Gasteiger partial charge in [0.1, 0.15) is 0 Å². The Morgan fingerprint density at radius 2 is 1.68 bits per heavy atom. The van der Waals surface area contributed by atoms with Crippen LogP contribution in [0.2, 0.25) is 0 Å². The first-order valence-corrected chi connectivity index (χ1v) is 13.4. The molecule has 166 valence electrons. The minimum absolute atomic E-state index is 0.146. The first kappa shape index (κ1) is 23.4. The number of anilines is 1. The van der Waals surface area contributed by atoms with Crippen LogP contribution in [0, 0.1) is 0 Å². The Bertz CT molecular complexity index is 1210. The van der Waals surface area contributed by atoms with Crippen LogP contribution in [-0.2, 0) is 38.9 Å². The SMILES string of the molecule is CCc1nc([C@H](Cc2ccc(NS(=O)(=O)O)cc2)NS(=O)(=O)Cc2ccccc2)cs1. The Balaban J connectivity index is 1.81. The first-order chi connectivity index (χ1) is 14.6. The van der Waals surface area contributed by atoms with Gasteiger partial charge in [0.2, 0.25) is 10.0 Å². The van der Waals surface area contributed by atoms with Crippen LogP contribution >= 0.6 is 11.3 Å². The maximum absolute atomic E-state index is 12.8. The smallest absolute Gasteiger partial charge is 0.269 e. The summed E-state index contributed by atoms with van der Waals surface area (Å²) in [5.41, 5.74) is 2.30. The third-order valence-corrected chi connectivity index (χ3v) is 7.25. The second-order valence-electron chi connectivity index (χ2n) is 6.91. The van der Waals surface area contributed by atoms with Gasteiger partial charge in [0, 0.05) is 5.38 Å². The molecule has 0 unspecified atom stereocenters. The van der Waals surface area contributed by atoms with E-state index in [-0.39, 0.29) is 11.4 Å². The number of hydrogen-bond acceptors (Lipinski definition) is 6. The molecule has 3 rings (SSSR count). The summed E-state index contributed by atoms with van der Waals surface area (Å²) in [5, 5.41) is 2.76.